The molecule has 5 heterocycles. The van der Waals surface area contributed by atoms with E-state index in [-0.39, 0.29) is 29.6 Å². The third kappa shape index (κ3) is 2.77. The number of aromatic nitrogens is 1. The summed E-state index contributed by atoms with van der Waals surface area (Å²) in [5.74, 6) is 0.994. The Bertz CT molecular complexity index is 870. The number of halogens is 1. The van der Waals surface area contributed by atoms with Gasteiger partial charge in [0, 0.05) is 24.6 Å². The predicted octanol–water partition coefficient (Wildman–Crippen LogP) is 3.64. The SMILES string of the molecule is CC(C)c1cc(C(=O)N2C[C@H](c3ccc(F)cc3)[C@H]3[C@@H]2C2CCN3CC2)on1. The van der Waals surface area contributed by atoms with Crippen molar-refractivity contribution in [3.63, 3.8) is 0 Å². The Labute approximate surface area is 164 Å². The van der Waals surface area contributed by atoms with Crippen LogP contribution in [-0.4, -0.2) is 52.6 Å². The number of rotatable bonds is 3. The lowest BCUT2D eigenvalue weighted by Crippen LogP contribution is -2.60. The molecule has 1 amide bonds. The molecule has 28 heavy (non-hydrogen) atoms. The first kappa shape index (κ1) is 17.9. The van der Waals surface area contributed by atoms with Gasteiger partial charge in [0.25, 0.3) is 5.91 Å². The smallest absolute Gasteiger partial charge is 0.292 e. The summed E-state index contributed by atoms with van der Waals surface area (Å²) in [6.45, 7) is 6.90. The molecule has 0 unspecified atom stereocenters. The monoisotopic (exact) mass is 383 g/mol. The highest BCUT2D eigenvalue weighted by atomic mass is 19.1. The number of fused-ring (bicyclic) bond motifs is 2. The molecule has 0 radical (unpaired) electrons. The lowest BCUT2D eigenvalue weighted by molar-refractivity contribution is -0.00451. The second-order valence-corrected chi connectivity index (χ2v) is 8.74. The zero-order valence-electron chi connectivity index (χ0n) is 16.3. The fourth-order valence-electron chi connectivity index (χ4n) is 5.46. The zero-order chi connectivity index (χ0) is 19.4. The third-order valence-electron chi connectivity index (χ3n) is 6.88. The molecule has 0 N–H and O–H groups in total. The number of hydrogen-bond acceptors (Lipinski definition) is 4. The van der Waals surface area contributed by atoms with Gasteiger partial charge in [-0.2, -0.15) is 0 Å². The molecule has 4 aliphatic heterocycles. The van der Waals surface area contributed by atoms with Crippen molar-refractivity contribution in [2.45, 2.75) is 50.6 Å². The number of carbonyl (C=O) groups excluding carboxylic acids is 1. The molecule has 4 aliphatic rings. The Morgan fingerprint density at radius 3 is 2.54 bits per heavy atom. The summed E-state index contributed by atoms with van der Waals surface area (Å²) < 4.78 is 18.9. The van der Waals surface area contributed by atoms with E-state index >= 15 is 0 Å². The number of nitrogens with zero attached hydrogens (tertiary/aromatic N) is 3. The maximum Gasteiger partial charge on any atom is 0.292 e. The number of hydrogen-bond donors (Lipinski definition) is 0. The van der Waals surface area contributed by atoms with Crippen LogP contribution in [0.2, 0.25) is 0 Å². The average molecular weight is 383 g/mol. The van der Waals surface area contributed by atoms with Crippen molar-refractivity contribution in [1.82, 2.24) is 15.0 Å². The maximum absolute atomic E-state index is 13.5. The highest BCUT2D eigenvalue weighted by Crippen LogP contribution is 2.47. The number of piperidine rings is 3. The van der Waals surface area contributed by atoms with Gasteiger partial charge in [0.1, 0.15) is 5.82 Å². The molecular weight excluding hydrogens is 357 g/mol. The number of benzene rings is 1. The highest BCUT2D eigenvalue weighted by Gasteiger charge is 2.55. The van der Waals surface area contributed by atoms with Gasteiger partial charge in [-0.05, 0) is 55.5 Å². The molecule has 2 bridgehead atoms. The van der Waals surface area contributed by atoms with Crippen LogP contribution in [-0.2, 0) is 0 Å². The van der Waals surface area contributed by atoms with Gasteiger partial charge >= 0.3 is 0 Å². The predicted molar refractivity (Wildman–Crippen MR) is 103 cm³/mol. The first-order valence-electron chi connectivity index (χ1n) is 10.3. The van der Waals surface area contributed by atoms with E-state index in [0.717, 1.165) is 37.2 Å². The Morgan fingerprint density at radius 1 is 1.18 bits per heavy atom. The van der Waals surface area contributed by atoms with Crippen LogP contribution in [0.3, 0.4) is 0 Å². The van der Waals surface area contributed by atoms with E-state index in [0.29, 0.717) is 24.3 Å². The van der Waals surface area contributed by atoms with E-state index in [2.05, 4.69) is 10.1 Å². The Balaban J connectivity index is 1.49. The molecular formula is C22H26FN3O2. The summed E-state index contributed by atoms with van der Waals surface area (Å²) >= 11 is 0. The molecule has 1 aromatic carbocycles. The number of likely N-dealkylation sites (tertiary alicyclic amines) is 1. The number of carbonyl (C=O) groups is 1. The molecule has 5 nitrogen and oxygen atoms in total. The fourth-order valence-corrected chi connectivity index (χ4v) is 5.46. The van der Waals surface area contributed by atoms with Gasteiger partial charge in [-0.25, -0.2) is 4.39 Å². The van der Waals surface area contributed by atoms with Crippen LogP contribution in [0, 0.1) is 11.7 Å². The Kier molecular flexibility index (Phi) is 4.27. The molecule has 1 aromatic heterocycles. The van der Waals surface area contributed by atoms with Crippen LogP contribution < -0.4 is 0 Å². The van der Waals surface area contributed by atoms with Crippen molar-refractivity contribution in [2.75, 3.05) is 19.6 Å². The van der Waals surface area contributed by atoms with Gasteiger partial charge in [-0.1, -0.05) is 31.1 Å². The van der Waals surface area contributed by atoms with E-state index in [1.165, 1.54) is 12.1 Å². The van der Waals surface area contributed by atoms with Crippen molar-refractivity contribution in [3.8, 4) is 0 Å². The molecule has 2 aromatic rings. The van der Waals surface area contributed by atoms with Crippen LogP contribution in [0.15, 0.2) is 34.9 Å². The van der Waals surface area contributed by atoms with E-state index in [1.54, 1.807) is 6.07 Å². The molecule has 6 rings (SSSR count). The van der Waals surface area contributed by atoms with Gasteiger partial charge in [-0.15, -0.1) is 0 Å². The number of amides is 1. The van der Waals surface area contributed by atoms with Gasteiger partial charge < -0.3 is 9.42 Å². The second kappa shape index (κ2) is 6.69. The van der Waals surface area contributed by atoms with Crippen LogP contribution in [0.4, 0.5) is 4.39 Å². The summed E-state index contributed by atoms with van der Waals surface area (Å²) in [6, 6.07) is 9.08. The summed E-state index contributed by atoms with van der Waals surface area (Å²) in [6.07, 6.45) is 2.27. The summed E-state index contributed by atoms with van der Waals surface area (Å²) in [4.78, 5) is 17.9. The lowest BCUT2D eigenvalue weighted by atomic mass is 9.75. The minimum Gasteiger partial charge on any atom is -0.351 e. The Hall–Kier alpha value is -2.21. The van der Waals surface area contributed by atoms with Gasteiger partial charge in [-0.3, -0.25) is 9.69 Å². The van der Waals surface area contributed by atoms with Crippen LogP contribution >= 0.6 is 0 Å². The van der Waals surface area contributed by atoms with Gasteiger partial charge in [0.15, 0.2) is 0 Å². The molecule has 148 valence electrons. The molecule has 0 aliphatic carbocycles. The van der Waals surface area contributed by atoms with E-state index in [4.69, 9.17) is 4.52 Å². The van der Waals surface area contributed by atoms with Crippen molar-refractivity contribution in [1.29, 1.82) is 0 Å². The average Bonchev–Trinajstić information content (AvgIpc) is 3.36. The van der Waals surface area contributed by atoms with E-state index in [1.807, 2.05) is 30.9 Å². The summed E-state index contributed by atoms with van der Waals surface area (Å²) in [7, 11) is 0. The summed E-state index contributed by atoms with van der Waals surface area (Å²) in [5.41, 5.74) is 1.92. The third-order valence-corrected chi connectivity index (χ3v) is 6.88. The standard InChI is InChI=1S/C22H26FN3O2/c1-13(2)18-11-19(28-24-18)22(27)26-12-17(14-3-5-16(23)6-4-14)21-20(26)15-7-9-25(21)10-8-15/h3-6,11,13,15,17,20-21H,7-10,12H2,1-2H3/t17-,20+,21+/m1/s1. The van der Waals surface area contributed by atoms with E-state index < -0.39 is 0 Å². The van der Waals surface area contributed by atoms with E-state index in [9.17, 15) is 9.18 Å². The van der Waals surface area contributed by atoms with Crippen molar-refractivity contribution >= 4 is 5.91 Å². The molecule has 0 spiro atoms. The quantitative estimate of drug-likeness (QED) is 0.812. The normalized spacial score (nSPS) is 31.4. The highest BCUT2D eigenvalue weighted by molar-refractivity contribution is 5.92. The molecule has 6 heteroatoms. The lowest BCUT2D eigenvalue weighted by Gasteiger charge is -2.51. The van der Waals surface area contributed by atoms with Crippen molar-refractivity contribution in [3.05, 3.63) is 53.2 Å². The minimum atomic E-state index is -0.223. The second-order valence-electron chi connectivity index (χ2n) is 8.74. The first-order chi connectivity index (χ1) is 13.5. The van der Waals surface area contributed by atoms with Crippen molar-refractivity contribution in [2.24, 2.45) is 5.92 Å². The van der Waals surface area contributed by atoms with Crippen LogP contribution in [0.1, 0.15) is 60.3 Å². The fraction of sp³-hybridized carbons (Fsp3) is 0.545. The Morgan fingerprint density at radius 2 is 1.89 bits per heavy atom. The molecule has 0 saturated carbocycles. The summed E-state index contributed by atoms with van der Waals surface area (Å²) in [5, 5.41) is 4.07. The van der Waals surface area contributed by atoms with Gasteiger partial charge in [0.2, 0.25) is 5.76 Å². The first-order valence-corrected chi connectivity index (χ1v) is 10.3. The molecule has 4 fully saturated rings. The van der Waals surface area contributed by atoms with Crippen LogP contribution in [0.5, 0.6) is 0 Å². The zero-order valence-corrected chi connectivity index (χ0v) is 16.3. The molecule has 4 saturated heterocycles. The van der Waals surface area contributed by atoms with Gasteiger partial charge in [0.05, 0.1) is 11.7 Å². The maximum atomic E-state index is 13.5. The molecule has 3 atom stereocenters. The van der Waals surface area contributed by atoms with Crippen LogP contribution in [0.25, 0.3) is 0 Å². The topological polar surface area (TPSA) is 49.6 Å². The van der Waals surface area contributed by atoms with Crippen molar-refractivity contribution < 1.29 is 13.7 Å². The largest absolute Gasteiger partial charge is 0.351 e. The minimum absolute atomic E-state index is 0.0623.